The summed E-state index contributed by atoms with van der Waals surface area (Å²) in [5, 5.41) is 10.7. The molecule has 0 saturated heterocycles. The number of carbonyl (C=O) groups is 1. The van der Waals surface area contributed by atoms with Gasteiger partial charge in [0.1, 0.15) is 17.1 Å². The molecule has 0 bridgehead atoms. The van der Waals surface area contributed by atoms with Crippen LogP contribution in [0.15, 0.2) is 76.0 Å². The smallest absolute Gasteiger partial charge is 0.449 e. The molecule has 1 aromatic heterocycles. The molecular weight excluding hydrogens is 507 g/mol. The highest BCUT2D eigenvalue weighted by molar-refractivity contribution is 5.89. The second kappa shape index (κ2) is 10.2. The molecular formula is C27H18F3NO7. The Morgan fingerprint density at radius 1 is 1.05 bits per heavy atom. The number of esters is 1. The molecule has 0 N–H and O–H groups in total. The van der Waals surface area contributed by atoms with Crippen molar-refractivity contribution in [1.29, 1.82) is 0 Å². The largest absolute Gasteiger partial charge is 0.453 e. The first-order valence-corrected chi connectivity index (χ1v) is 11.0. The van der Waals surface area contributed by atoms with E-state index in [0.29, 0.717) is 11.1 Å². The van der Waals surface area contributed by atoms with Crippen molar-refractivity contribution in [2.45, 2.75) is 20.0 Å². The average Bonchev–Trinajstić information content (AvgIpc) is 2.86. The second-order valence-electron chi connectivity index (χ2n) is 8.22. The van der Waals surface area contributed by atoms with Crippen LogP contribution in [-0.4, -0.2) is 10.9 Å². The molecule has 11 heteroatoms. The van der Waals surface area contributed by atoms with E-state index in [0.717, 1.165) is 23.8 Å². The number of nitro groups is 1. The lowest BCUT2D eigenvalue weighted by Gasteiger charge is -2.15. The van der Waals surface area contributed by atoms with Gasteiger partial charge in [-0.2, -0.15) is 13.2 Å². The SMILES string of the molecule is Cc1ccc(C)c(Oc2c(C(F)(F)F)oc3cc(OC(=O)C=Cc4cccc([N+](=O)[O-])c4)ccc3c2=O)c1. The van der Waals surface area contributed by atoms with Crippen molar-refractivity contribution in [3.63, 3.8) is 0 Å². The molecule has 38 heavy (non-hydrogen) atoms. The maximum absolute atomic E-state index is 13.8. The van der Waals surface area contributed by atoms with Crippen LogP contribution in [0, 0.1) is 24.0 Å². The molecule has 4 aromatic rings. The highest BCUT2D eigenvalue weighted by Gasteiger charge is 2.40. The minimum absolute atomic E-state index is 0.0724. The Balaban J connectivity index is 1.66. The van der Waals surface area contributed by atoms with Crippen LogP contribution in [0.2, 0.25) is 0 Å². The number of ether oxygens (including phenoxy) is 2. The predicted octanol–water partition coefficient (Wildman–Crippen LogP) is 6.75. The van der Waals surface area contributed by atoms with Crippen LogP contribution < -0.4 is 14.9 Å². The Labute approximate surface area is 212 Å². The van der Waals surface area contributed by atoms with Crippen LogP contribution >= 0.6 is 0 Å². The third-order valence-corrected chi connectivity index (χ3v) is 5.35. The van der Waals surface area contributed by atoms with Crippen LogP contribution in [-0.2, 0) is 11.0 Å². The minimum atomic E-state index is -5.06. The van der Waals surface area contributed by atoms with E-state index in [1.165, 1.54) is 42.5 Å². The second-order valence-corrected chi connectivity index (χ2v) is 8.22. The average molecular weight is 525 g/mol. The number of carbonyl (C=O) groups excluding carboxylic acids is 1. The summed E-state index contributed by atoms with van der Waals surface area (Å²) in [6.45, 7) is 3.35. The van der Waals surface area contributed by atoms with Crippen molar-refractivity contribution >= 4 is 28.7 Å². The van der Waals surface area contributed by atoms with E-state index < -0.39 is 39.6 Å². The van der Waals surface area contributed by atoms with Crippen LogP contribution in [0.5, 0.6) is 17.2 Å². The zero-order chi connectivity index (χ0) is 27.6. The first-order chi connectivity index (χ1) is 17.9. The molecule has 0 radical (unpaired) electrons. The van der Waals surface area contributed by atoms with Crippen molar-refractivity contribution in [1.82, 2.24) is 0 Å². The lowest BCUT2D eigenvalue weighted by molar-refractivity contribution is -0.384. The molecule has 8 nitrogen and oxygen atoms in total. The Kier molecular flexibility index (Phi) is 7.02. The Morgan fingerprint density at radius 2 is 1.82 bits per heavy atom. The zero-order valence-corrected chi connectivity index (χ0v) is 19.9. The molecule has 0 atom stereocenters. The molecule has 0 spiro atoms. The number of alkyl halides is 3. The Bertz CT molecular complexity index is 1660. The molecule has 0 aliphatic rings. The van der Waals surface area contributed by atoms with E-state index in [1.54, 1.807) is 26.0 Å². The summed E-state index contributed by atoms with van der Waals surface area (Å²) in [5.74, 6) is -3.67. The lowest BCUT2D eigenvalue weighted by Crippen LogP contribution is -2.16. The van der Waals surface area contributed by atoms with Gasteiger partial charge in [0, 0.05) is 24.3 Å². The normalized spacial score (nSPS) is 11.6. The van der Waals surface area contributed by atoms with Crippen LogP contribution in [0.25, 0.3) is 17.0 Å². The number of nitro benzene ring substituents is 1. The topological polar surface area (TPSA) is 109 Å². The summed E-state index contributed by atoms with van der Waals surface area (Å²) in [4.78, 5) is 35.5. The minimum Gasteiger partial charge on any atom is -0.449 e. The number of hydrogen-bond donors (Lipinski definition) is 0. The molecule has 1 heterocycles. The molecule has 3 aromatic carbocycles. The molecule has 0 aliphatic carbocycles. The van der Waals surface area contributed by atoms with Gasteiger partial charge in [0.25, 0.3) is 11.4 Å². The number of halogens is 3. The Hall–Kier alpha value is -4.93. The number of non-ortho nitro benzene ring substituents is 1. The van der Waals surface area contributed by atoms with E-state index in [9.17, 15) is 32.9 Å². The van der Waals surface area contributed by atoms with E-state index in [-0.39, 0.29) is 22.6 Å². The summed E-state index contributed by atoms with van der Waals surface area (Å²) in [5.41, 5.74) is -0.108. The van der Waals surface area contributed by atoms with Gasteiger partial charge in [-0.3, -0.25) is 14.9 Å². The van der Waals surface area contributed by atoms with Gasteiger partial charge in [0.05, 0.1) is 10.3 Å². The van der Waals surface area contributed by atoms with Gasteiger partial charge < -0.3 is 13.9 Å². The first-order valence-electron chi connectivity index (χ1n) is 11.0. The fourth-order valence-electron chi connectivity index (χ4n) is 3.48. The summed E-state index contributed by atoms with van der Waals surface area (Å²) in [7, 11) is 0. The van der Waals surface area contributed by atoms with Crippen molar-refractivity contribution in [2.24, 2.45) is 0 Å². The molecule has 0 saturated carbocycles. The van der Waals surface area contributed by atoms with Crippen molar-refractivity contribution < 1.29 is 36.8 Å². The summed E-state index contributed by atoms with van der Waals surface area (Å²) in [6.07, 6.45) is -2.80. The van der Waals surface area contributed by atoms with E-state index in [4.69, 9.17) is 13.9 Å². The van der Waals surface area contributed by atoms with E-state index >= 15 is 0 Å². The molecule has 0 aliphatic heterocycles. The van der Waals surface area contributed by atoms with Gasteiger partial charge in [-0.1, -0.05) is 24.3 Å². The fourth-order valence-corrected chi connectivity index (χ4v) is 3.48. The number of aryl methyl sites for hydroxylation is 2. The molecule has 0 unspecified atom stereocenters. The zero-order valence-electron chi connectivity index (χ0n) is 19.9. The maximum atomic E-state index is 13.8. The van der Waals surface area contributed by atoms with Crippen molar-refractivity contribution in [3.05, 3.63) is 110 Å². The third-order valence-electron chi connectivity index (χ3n) is 5.35. The number of nitrogens with zero attached hydrogens (tertiary/aromatic N) is 1. The summed E-state index contributed by atoms with van der Waals surface area (Å²) in [6, 6.07) is 13.7. The maximum Gasteiger partial charge on any atom is 0.453 e. The summed E-state index contributed by atoms with van der Waals surface area (Å²) >= 11 is 0. The highest BCUT2D eigenvalue weighted by atomic mass is 19.4. The number of hydrogen-bond acceptors (Lipinski definition) is 7. The standard InChI is InChI=1S/C27H18F3NO7/c1-15-6-7-16(2)21(12-15)37-25-24(33)20-10-9-19(14-22(20)38-26(25)27(28,29)30)36-23(32)11-8-17-4-3-5-18(13-17)31(34)35/h3-14H,1-2H3. The molecule has 0 fully saturated rings. The number of benzene rings is 3. The fraction of sp³-hybridized carbons (Fsp3) is 0.111. The summed E-state index contributed by atoms with van der Waals surface area (Å²) < 4.78 is 57.1. The van der Waals surface area contributed by atoms with Crippen molar-refractivity contribution in [3.8, 4) is 17.2 Å². The lowest BCUT2D eigenvalue weighted by atomic mass is 10.1. The quantitative estimate of drug-likeness (QED) is 0.0901. The first kappa shape index (κ1) is 26.1. The van der Waals surface area contributed by atoms with Gasteiger partial charge in [0.15, 0.2) is 0 Å². The van der Waals surface area contributed by atoms with E-state index in [2.05, 4.69) is 0 Å². The van der Waals surface area contributed by atoms with Gasteiger partial charge in [0.2, 0.25) is 11.2 Å². The van der Waals surface area contributed by atoms with Crippen LogP contribution in [0.1, 0.15) is 22.5 Å². The van der Waals surface area contributed by atoms with Gasteiger partial charge in [-0.05, 0) is 54.8 Å². The van der Waals surface area contributed by atoms with Crippen molar-refractivity contribution in [2.75, 3.05) is 0 Å². The Morgan fingerprint density at radius 3 is 2.53 bits per heavy atom. The van der Waals surface area contributed by atoms with Gasteiger partial charge >= 0.3 is 12.1 Å². The number of fused-ring (bicyclic) bond motifs is 1. The monoisotopic (exact) mass is 525 g/mol. The molecule has 4 rings (SSSR count). The van der Waals surface area contributed by atoms with Crippen LogP contribution in [0.4, 0.5) is 18.9 Å². The molecule has 194 valence electrons. The van der Waals surface area contributed by atoms with Gasteiger partial charge in [-0.25, -0.2) is 4.79 Å². The van der Waals surface area contributed by atoms with E-state index in [1.807, 2.05) is 0 Å². The predicted molar refractivity (Wildman–Crippen MR) is 131 cm³/mol. The highest BCUT2D eigenvalue weighted by Crippen LogP contribution is 2.39. The molecule has 0 amide bonds. The van der Waals surface area contributed by atoms with Gasteiger partial charge in [-0.15, -0.1) is 0 Å². The third kappa shape index (κ3) is 5.72. The van der Waals surface area contributed by atoms with Crippen LogP contribution in [0.3, 0.4) is 0 Å². The number of rotatable bonds is 6.